The first-order valence-electron chi connectivity index (χ1n) is 8.94. The average molecular weight is 328 g/mol. The Bertz CT molecular complexity index is 645. The number of likely N-dealkylation sites (N-methyl/N-ethyl adjacent to an activating group) is 1. The topological polar surface area (TPSA) is 49.4 Å². The number of carbonyl (C=O) groups excluding carboxylic acids is 2. The van der Waals surface area contributed by atoms with E-state index in [-0.39, 0.29) is 17.9 Å². The molecule has 1 saturated heterocycles. The molecule has 1 aliphatic heterocycles. The minimum absolute atomic E-state index is 0.164. The molecular weight excluding hydrogens is 300 g/mol. The molecule has 0 bridgehead atoms. The van der Waals surface area contributed by atoms with Crippen LogP contribution < -0.4 is 5.32 Å². The van der Waals surface area contributed by atoms with Gasteiger partial charge in [0, 0.05) is 26.1 Å². The molecular formula is C20H28N2O2. The zero-order chi connectivity index (χ0) is 17.4. The summed E-state index contributed by atoms with van der Waals surface area (Å²) in [5.74, 6) is 1.33. The molecule has 24 heavy (non-hydrogen) atoms. The minimum atomic E-state index is 0.164. The second kappa shape index (κ2) is 6.58. The summed E-state index contributed by atoms with van der Waals surface area (Å²) in [4.78, 5) is 26.3. The van der Waals surface area contributed by atoms with Crippen molar-refractivity contribution in [3.05, 3.63) is 34.4 Å². The van der Waals surface area contributed by atoms with Crippen LogP contribution in [0.15, 0.2) is 12.1 Å². The zero-order valence-electron chi connectivity index (χ0n) is 15.2. The molecule has 1 heterocycles. The van der Waals surface area contributed by atoms with Crippen LogP contribution in [-0.2, 0) is 16.0 Å². The summed E-state index contributed by atoms with van der Waals surface area (Å²) >= 11 is 0. The molecule has 0 unspecified atom stereocenters. The van der Waals surface area contributed by atoms with E-state index in [1.807, 2.05) is 11.9 Å². The lowest BCUT2D eigenvalue weighted by atomic mass is 9.89. The van der Waals surface area contributed by atoms with Gasteiger partial charge in [-0.25, -0.2) is 0 Å². The number of carbonyl (C=O) groups is 2. The van der Waals surface area contributed by atoms with Gasteiger partial charge < -0.3 is 10.2 Å². The molecule has 3 rings (SSSR count). The van der Waals surface area contributed by atoms with Gasteiger partial charge in [-0.2, -0.15) is 0 Å². The van der Waals surface area contributed by atoms with Crippen LogP contribution in [0.1, 0.15) is 41.5 Å². The highest BCUT2D eigenvalue weighted by molar-refractivity contribution is 5.80. The number of nitrogens with one attached hydrogen (secondary N) is 1. The standard InChI is InChI=1S/C20H28N2O2/c1-12-5-13(2)18(14(3)6-12)10-20(24)22(4)17-7-15-9-19(23)21-11-16(15)8-17/h5-6,15-17H,7-11H2,1-4H3,(H,21,23)/t15-,16+,17-/m1/s1. The summed E-state index contributed by atoms with van der Waals surface area (Å²) in [6.07, 6.45) is 3.07. The number of fused-ring (bicyclic) bond motifs is 1. The van der Waals surface area contributed by atoms with Crippen molar-refractivity contribution in [2.24, 2.45) is 11.8 Å². The van der Waals surface area contributed by atoms with Crippen LogP contribution in [0.4, 0.5) is 0 Å². The fraction of sp³-hybridized carbons (Fsp3) is 0.600. The van der Waals surface area contributed by atoms with Gasteiger partial charge in [-0.3, -0.25) is 9.59 Å². The molecule has 2 fully saturated rings. The van der Waals surface area contributed by atoms with Gasteiger partial charge in [0.25, 0.3) is 0 Å². The third-order valence-electron chi connectivity index (χ3n) is 5.93. The van der Waals surface area contributed by atoms with E-state index in [2.05, 4.69) is 38.2 Å². The van der Waals surface area contributed by atoms with E-state index in [1.54, 1.807) is 0 Å². The van der Waals surface area contributed by atoms with Crippen molar-refractivity contribution < 1.29 is 9.59 Å². The highest BCUT2D eigenvalue weighted by atomic mass is 16.2. The fourth-order valence-corrected chi connectivity index (χ4v) is 4.52. The Balaban J connectivity index is 1.67. The molecule has 1 aliphatic carbocycles. The van der Waals surface area contributed by atoms with E-state index in [9.17, 15) is 9.59 Å². The number of benzene rings is 1. The Morgan fingerprint density at radius 1 is 1.17 bits per heavy atom. The van der Waals surface area contributed by atoms with Gasteiger partial charge in [-0.05, 0) is 62.1 Å². The first-order chi connectivity index (χ1) is 11.3. The van der Waals surface area contributed by atoms with E-state index in [0.717, 1.165) is 24.9 Å². The van der Waals surface area contributed by atoms with Gasteiger partial charge >= 0.3 is 0 Å². The van der Waals surface area contributed by atoms with Crippen LogP contribution in [-0.4, -0.2) is 36.3 Å². The van der Waals surface area contributed by atoms with Crippen LogP contribution in [0.25, 0.3) is 0 Å². The monoisotopic (exact) mass is 328 g/mol. The summed E-state index contributed by atoms with van der Waals surface area (Å²) in [5, 5.41) is 2.96. The van der Waals surface area contributed by atoms with Crippen LogP contribution in [0.3, 0.4) is 0 Å². The normalized spacial score (nSPS) is 26.0. The SMILES string of the molecule is Cc1cc(C)c(CC(=O)N(C)[C@H]2C[C@H]3CNC(=O)C[C@H]3C2)c(C)c1. The van der Waals surface area contributed by atoms with E-state index in [0.29, 0.717) is 24.7 Å². The third-order valence-corrected chi connectivity index (χ3v) is 5.93. The zero-order valence-corrected chi connectivity index (χ0v) is 15.2. The maximum absolute atomic E-state index is 12.8. The fourth-order valence-electron chi connectivity index (χ4n) is 4.52. The number of hydrogen-bond donors (Lipinski definition) is 1. The third kappa shape index (κ3) is 3.33. The Morgan fingerprint density at radius 2 is 1.79 bits per heavy atom. The number of aryl methyl sites for hydroxylation is 3. The average Bonchev–Trinajstić information content (AvgIpc) is 2.92. The number of hydrogen-bond acceptors (Lipinski definition) is 2. The molecule has 4 heteroatoms. The summed E-state index contributed by atoms with van der Waals surface area (Å²) in [5.41, 5.74) is 4.80. The number of piperidine rings is 1. The van der Waals surface area contributed by atoms with Crippen LogP contribution in [0.2, 0.25) is 0 Å². The van der Waals surface area contributed by atoms with Gasteiger partial charge in [0.15, 0.2) is 0 Å². The number of rotatable bonds is 3. The van der Waals surface area contributed by atoms with Crippen molar-refractivity contribution in [1.82, 2.24) is 10.2 Å². The maximum atomic E-state index is 12.8. The predicted molar refractivity (Wildman–Crippen MR) is 94.8 cm³/mol. The molecule has 2 aliphatic rings. The lowest BCUT2D eigenvalue weighted by Crippen LogP contribution is -2.38. The smallest absolute Gasteiger partial charge is 0.227 e. The lowest BCUT2D eigenvalue weighted by Gasteiger charge is -2.25. The molecule has 2 amide bonds. The minimum Gasteiger partial charge on any atom is -0.356 e. The molecule has 1 aromatic carbocycles. The highest BCUT2D eigenvalue weighted by Crippen LogP contribution is 2.38. The molecule has 3 atom stereocenters. The summed E-state index contributed by atoms with van der Waals surface area (Å²) in [6.45, 7) is 7.04. The summed E-state index contributed by atoms with van der Waals surface area (Å²) in [6, 6.07) is 4.57. The van der Waals surface area contributed by atoms with Crippen molar-refractivity contribution in [1.29, 1.82) is 0 Å². The van der Waals surface area contributed by atoms with Gasteiger partial charge in [-0.1, -0.05) is 17.7 Å². The maximum Gasteiger partial charge on any atom is 0.227 e. The Kier molecular flexibility index (Phi) is 4.66. The Labute approximate surface area is 144 Å². The van der Waals surface area contributed by atoms with Gasteiger partial charge in [0.2, 0.25) is 11.8 Å². The van der Waals surface area contributed by atoms with Crippen LogP contribution in [0.5, 0.6) is 0 Å². The number of amides is 2. The van der Waals surface area contributed by atoms with Gasteiger partial charge in [-0.15, -0.1) is 0 Å². The molecule has 130 valence electrons. The van der Waals surface area contributed by atoms with E-state index in [1.165, 1.54) is 16.7 Å². The molecule has 1 aromatic rings. The van der Waals surface area contributed by atoms with Crippen molar-refractivity contribution >= 4 is 11.8 Å². The first kappa shape index (κ1) is 17.0. The quantitative estimate of drug-likeness (QED) is 0.927. The van der Waals surface area contributed by atoms with Crippen LogP contribution >= 0.6 is 0 Å². The van der Waals surface area contributed by atoms with E-state index < -0.39 is 0 Å². The number of nitrogens with zero attached hydrogens (tertiary/aromatic N) is 1. The van der Waals surface area contributed by atoms with E-state index in [4.69, 9.17) is 0 Å². The lowest BCUT2D eigenvalue weighted by molar-refractivity contribution is -0.131. The first-order valence-corrected chi connectivity index (χ1v) is 8.94. The summed E-state index contributed by atoms with van der Waals surface area (Å²) in [7, 11) is 1.93. The molecule has 0 aromatic heterocycles. The summed E-state index contributed by atoms with van der Waals surface area (Å²) < 4.78 is 0. The molecule has 1 saturated carbocycles. The Morgan fingerprint density at radius 3 is 2.46 bits per heavy atom. The van der Waals surface area contributed by atoms with E-state index >= 15 is 0 Å². The highest BCUT2D eigenvalue weighted by Gasteiger charge is 2.40. The van der Waals surface area contributed by atoms with Gasteiger partial charge in [0.05, 0.1) is 6.42 Å². The second-order valence-electron chi connectivity index (χ2n) is 7.71. The second-order valence-corrected chi connectivity index (χ2v) is 7.71. The predicted octanol–water partition coefficient (Wildman–Crippen LogP) is 2.53. The van der Waals surface area contributed by atoms with Crippen molar-refractivity contribution in [3.8, 4) is 0 Å². The largest absolute Gasteiger partial charge is 0.356 e. The molecule has 0 radical (unpaired) electrons. The Hall–Kier alpha value is -1.84. The van der Waals surface area contributed by atoms with Crippen LogP contribution in [0, 0.1) is 32.6 Å². The molecule has 0 spiro atoms. The van der Waals surface area contributed by atoms with Crippen molar-refractivity contribution in [3.63, 3.8) is 0 Å². The van der Waals surface area contributed by atoms with Crippen molar-refractivity contribution in [2.45, 2.75) is 52.5 Å². The molecule has 4 nitrogen and oxygen atoms in total. The van der Waals surface area contributed by atoms with Crippen molar-refractivity contribution in [2.75, 3.05) is 13.6 Å². The molecule has 1 N–H and O–H groups in total. The van der Waals surface area contributed by atoms with Gasteiger partial charge in [0.1, 0.15) is 0 Å².